The van der Waals surface area contributed by atoms with Crippen molar-refractivity contribution in [2.45, 2.75) is 20.0 Å². The Morgan fingerprint density at radius 3 is 2.06 bits per heavy atom. The molecule has 1 heterocycles. The van der Waals surface area contributed by atoms with Crippen molar-refractivity contribution < 1.29 is 9.66 Å². The highest BCUT2D eigenvalue weighted by Gasteiger charge is 2.28. The molecule has 34 heavy (non-hydrogen) atoms. The molecule has 0 amide bonds. The Hall–Kier alpha value is -4.46. The molecule has 1 N–H and O–H groups in total. The van der Waals surface area contributed by atoms with Gasteiger partial charge in [0.1, 0.15) is 12.1 Å². The molecule has 0 bridgehead atoms. The molecule has 3 aromatic carbocycles. The van der Waals surface area contributed by atoms with Gasteiger partial charge in [-0.25, -0.2) is 9.97 Å². The number of benzene rings is 3. The van der Waals surface area contributed by atoms with E-state index in [1.54, 1.807) is 12.1 Å². The fourth-order valence-corrected chi connectivity index (χ4v) is 3.65. The molecular weight excluding hydrogens is 430 g/mol. The first-order valence-corrected chi connectivity index (χ1v) is 11.0. The number of ether oxygens (including phenoxy) is 1. The number of hydrogen-bond acceptors (Lipinski definition) is 7. The van der Waals surface area contributed by atoms with Gasteiger partial charge in [0, 0.05) is 13.1 Å². The second-order valence-corrected chi connectivity index (χ2v) is 7.53. The maximum Gasteiger partial charge on any atom is 0.353 e. The molecule has 8 heteroatoms. The summed E-state index contributed by atoms with van der Waals surface area (Å²) in [5.74, 6) is 0.933. The molecule has 0 radical (unpaired) electrons. The monoisotopic (exact) mass is 455 g/mol. The Morgan fingerprint density at radius 1 is 0.882 bits per heavy atom. The summed E-state index contributed by atoms with van der Waals surface area (Å²) < 4.78 is 5.66. The molecule has 172 valence electrons. The molecular formula is C26H25N5O3. The third kappa shape index (κ3) is 5.47. The summed E-state index contributed by atoms with van der Waals surface area (Å²) in [5, 5.41) is 15.4. The molecule has 8 nitrogen and oxygen atoms in total. The molecule has 4 aromatic rings. The van der Waals surface area contributed by atoms with Crippen molar-refractivity contribution in [2.75, 3.05) is 16.8 Å². The molecule has 0 atom stereocenters. The lowest BCUT2D eigenvalue weighted by Crippen LogP contribution is -2.24. The average molecular weight is 456 g/mol. The minimum Gasteiger partial charge on any atom is -0.492 e. The normalized spacial score (nSPS) is 10.5. The van der Waals surface area contributed by atoms with Gasteiger partial charge in [-0.2, -0.15) is 0 Å². The van der Waals surface area contributed by atoms with E-state index in [0.717, 1.165) is 11.1 Å². The Kier molecular flexibility index (Phi) is 7.29. The van der Waals surface area contributed by atoms with Gasteiger partial charge >= 0.3 is 5.69 Å². The fraction of sp³-hybridized carbons (Fsp3) is 0.154. The first-order chi connectivity index (χ1) is 16.7. The van der Waals surface area contributed by atoms with Gasteiger partial charge in [-0.05, 0) is 30.2 Å². The third-order valence-electron chi connectivity index (χ3n) is 5.16. The van der Waals surface area contributed by atoms with Gasteiger partial charge in [0.05, 0.1) is 17.2 Å². The van der Waals surface area contributed by atoms with Gasteiger partial charge in [-0.3, -0.25) is 10.1 Å². The Labute approximate surface area is 198 Å². The SMILES string of the molecule is CCOc1ccccc1Nc1ncnc(N(Cc2ccccc2)Cc2ccccc2)c1[N+](=O)[O-]. The van der Waals surface area contributed by atoms with E-state index in [-0.39, 0.29) is 17.3 Å². The van der Waals surface area contributed by atoms with Crippen LogP contribution in [-0.4, -0.2) is 21.5 Å². The molecule has 4 rings (SSSR count). The highest BCUT2D eigenvalue weighted by Crippen LogP contribution is 2.37. The molecule has 0 spiro atoms. The zero-order valence-electron chi connectivity index (χ0n) is 18.8. The van der Waals surface area contributed by atoms with Crippen LogP contribution in [0.1, 0.15) is 18.1 Å². The van der Waals surface area contributed by atoms with E-state index in [9.17, 15) is 10.1 Å². The fourth-order valence-electron chi connectivity index (χ4n) is 3.65. The van der Waals surface area contributed by atoms with E-state index in [4.69, 9.17) is 4.74 Å². The van der Waals surface area contributed by atoms with Crippen LogP contribution in [0.25, 0.3) is 0 Å². The van der Waals surface area contributed by atoms with Gasteiger partial charge in [0.25, 0.3) is 0 Å². The minimum absolute atomic E-state index is 0.105. The van der Waals surface area contributed by atoms with Crippen molar-refractivity contribution in [1.29, 1.82) is 0 Å². The summed E-state index contributed by atoms with van der Waals surface area (Å²) in [5.41, 5.74) is 2.43. The van der Waals surface area contributed by atoms with Gasteiger partial charge in [-0.15, -0.1) is 0 Å². The van der Waals surface area contributed by atoms with Crippen molar-refractivity contribution >= 4 is 23.0 Å². The molecule has 0 unspecified atom stereocenters. The van der Waals surface area contributed by atoms with Gasteiger partial charge in [0.15, 0.2) is 0 Å². The Bertz CT molecular complexity index is 1190. The van der Waals surface area contributed by atoms with E-state index in [1.165, 1.54) is 6.33 Å². The van der Waals surface area contributed by atoms with Crippen LogP contribution < -0.4 is 15.0 Å². The van der Waals surface area contributed by atoms with Gasteiger partial charge in [-0.1, -0.05) is 72.8 Å². The lowest BCUT2D eigenvalue weighted by Gasteiger charge is -2.24. The van der Waals surface area contributed by atoms with E-state index < -0.39 is 4.92 Å². The molecule has 0 saturated heterocycles. The number of para-hydroxylation sites is 2. The standard InChI is InChI=1S/C26H25N5O3/c1-2-34-23-16-10-9-15-22(23)29-25-24(31(32)33)26(28-19-27-25)30(17-20-11-5-3-6-12-20)18-21-13-7-4-8-14-21/h3-16,19H,2,17-18H2,1H3,(H,27,28,29). The van der Waals surface area contributed by atoms with Gasteiger partial charge in [0.2, 0.25) is 11.6 Å². The first-order valence-electron chi connectivity index (χ1n) is 11.0. The quantitative estimate of drug-likeness (QED) is 0.241. The van der Waals surface area contributed by atoms with Crippen LogP contribution >= 0.6 is 0 Å². The maximum atomic E-state index is 12.3. The van der Waals surface area contributed by atoms with Crippen LogP contribution in [0.15, 0.2) is 91.3 Å². The lowest BCUT2D eigenvalue weighted by molar-refractivity contribution is -0.383. The van der Waals surface area contributed by atoms with Crippen LogP contribution in [-0.2, 0) is 13.1 Å². The van der Waals surface area contributed by atoms with E-state index in [1.807, 2.05) is 84.6 Å². The van der Waals surface area contributed by atoms with Crippen molar-refractivity contribution in [2.24, 2.45) is 0 Å². The number of anilines is 3. The smallest absolute Gasteiger partial charge is 0.353 e. The van der Waals surface area contributed by atoms with E-state index >= 15 is 0 Å². The zero-order valence-corrected chi connectivity index (χ0v) is 18.8. The summed E-state index contributed by atoms with van der Waals surface area (Å²) in [4.78, 5) is 22.3. The summed E-state index contributed by atoms with van der Waals surface area (Å²) in [6, 6.07) is 26.9. The highest BCUT2D eigenvalue weighted by molar-refractivity contribution is 5.76. The van der Waals surface area contributed by atoms with Crippen LogP contribution in [0.5, 0.6) is 5.75 Å². The second-order valence-electron chi connectivity index (χ2n) is 7.53. The lowest BCUT2D eigenvalue weighted by atomic mass is 10.1. The zero-order chi connectivity index (χ0) is 23.8. The largest absolute Gasteiger partial charge is 0.492 e. The second kappa shape index (κ2) is 10.9. The van der Waals surface area contributed by atoms with Crippen molar-refractivity contribution in [1.82, 2.24) is 9.97 Å². The number of hydrogen-bond donors (Lipinski definition) is 1. The van der Waals surface area contributed by atoms with Crippen LogP contribution in [0.2, 0.25) is 0 Å². The molecule has 0 aliphatic carbocycles. The maximum absolute atomic E-state index is 12.3. The van der Waals surface area contributed by atoms with Gasteiger partial charge < -0.3 is 15.0 Å². The number of aromatic nitrogens is 2. The van der Waals surface area contributed by atoms with Crippen molar-refractivity contribution in [3.05, 3.63) is 112 Å². The summed E-state index contributed by atoms with van der Waals surface area (Å²) in [6.45, 7) is 3.25. The van der Waals surface area contributed by atoms with E-state index in [0.29, 0.717) is 31.1 Å². The number of nitrogens with one attached hydrogen (secondary N) is 1. The molecule has 0 aliphatic heterocycles. The van der Waals surface area contributed by atoms with Crippen molar-refractivity contribution in [3.8, 4) is 5.75 Å². The predicted molar refractivity (Wildman–Crippen MR) is 132 cm³/mol. The van der Waals surface area contributed by atoms with Crippen LogP contribution in [0, 0.1) is 10.1 Å². The number of rotatable bonds is 10. The molecule has 0 fully saturated rings. The topological polar surface area (TPSA) is 93.4 Å². The Morgan fingerprint density at radius 2 is 1.47 bits per heavy atom. The minimum atomic E-state index is -0.441. The number of nitrogens with zero attached hydrogens (tertiary/aromatic N) is 4. The van der Waals surface area contributed by atoms with Crippen molar-refractivity contribution in [3.63, 3.8) is 0 Å². The van der Waals surface area contributed by atoms with E-state index in [2.05, 4.69) is 15.3 Å². The summed E-state index contributed by atoms with van der Waals surface area (Å²) in [7, 11) is 0. The predicted octanol–water partition coefficient (Wildman–Crippen LogP) is 5.73. The molecule has 1 aromatic heterocycles. The molecule has 0 saturated carbocycles. The average Bonchev–Trinajstić information content (AvgIpc) is 2.86. The Balaban J connectivity index is 1.76. The first kappa shape index (κ1) is 22.7. The summed E-state index contributed by atoms with van der Waals surface area (Å²) >= 11 is 0. The van der Waals surface area contributed by atoms with Crippen LogP contribution in [0.4, 0.5) is 23.0 Å². The summed E-state index contributed by atoms with van der Waals surface area (Å²) in [6.07, 6.45) is 1.34. The van der Waals surface area contributed by atoms with Crippen LogP contribution in [0.3, 0.4) is 0 Å². The molecule has 0 aliphatic rings. The third-order valence-corrected chi connectivity index (χ3v) is 5.16. The highest BCUT2D eigenvalue weighted by atomic mass is 16.6. The number of nitro groups is 1.